The fourth-order valence-corrected chi connectivity index (χ4v) is 3.92. The number of ether oxygens (including phenoxy) is 1. The average molecular weight is 322 g/mol. The second-order valence-corrected chi connectivity index (χ2v) is 6.36. The van der Waals surface area contributed by atoms with Crippen LogP contribution >= 0.6 is 12.2 Å². The zero-order valence-electron chi connectivity index (χ0n) is 13.0. The van der Waals surface area contributed by atoms with Gasteiger partial charge in [-0.2, -0.15) is 0 Å². The second-order valence-electron chi connectivity index (χ2n) is 5.97. The standard InChI is InChI=1S/C19H18N2OS/c1-22-16-9-5-4-8-14(16)18-15-11-10-12-6-2-3-7-13(12)17(15)20-19(23)21-18/h2-9,15,18H,10-11H2,1H3,(H,21,23). The first-order valence-corrected chi connectivity index (χ1v) is 8.29. The number of methoxy groups -OCH3 is 1. The molecule has 2 aliphatic rings. The molecule has 1 aliphatic carbocycles. The number of rotatable bonds is 2. The molecule has 116 valence electrons. The van der Waals surface area contributed by atoms with Crippen LogP contribution in [0.2, 0.25) is 0 Å². The van der Waals surface area contributed by atoms with Crippen LogP contribution in [-0.4, -0.2) is 17.9 Å². The molecule has 0 saturated heterocycles. The normalized spacial score (nSPS) is 22.5. The van der Waals surface area contributed by atoms with Crippen LogP contribution in [0.15, 0.2) is 53.5 Å². The fourth-order valence-electron chi connectivity index (χ4n) is 3.70. The Morgan fingerprint density at radius 1 is 1.13 bits per heavy atom. The second kappa shape index (κ2) is 5.78. The highest BCUT2D eigenvalue weighted by molar-refractivity contribution is 7.80. The van der Waals surface area contributed by atoms with E-state index in [4.69, 9.17) is 17.0 Å². The average Bonchev–Trinajstić information content (AvgIpc) is 2.61. The summed E-state index contributed by atoms with van der Waals surface area (Å²) in [6.45, 7) is 0. The van der Waals surface area contributed by atoms with Crippen molar-refractivity contribution in [3.05, 3.63) is 65.2 Å². The van der Waals surface area contributed by atoms with E-state index in [-0.39, 0.29) is 6.04 Å². The summed E-state index contributed by atoms with van der Waals surface area (Å²) in [5.41, 5.74) is 4.87. The monoisotopic (exact) mass is 322 g/mol. The van der Waals surface area contributed by atoms with E-state index in [0.717, 1.165) is 29.9 Å². The number of benzene rings is 2. The summed E-state index contributed by atoms with van der Waals surface area (Å²) in [4.78, 5) is 4.67. The van der Waals surface area contributed by atoms with Gasteiger partial charge in [0.05, 0.1) is 18.9 Å². The molecule has 2 atom stereocenters. The van der Waals surface area contributed by atoms with Crippen molar-refractivity contribution in [2.45, 2.75) is 18.9 Å². The van der Waals surface area contributed by atoms with Crippen molar-refractivity contribution in [2.24, 2.45) is 10.9 Å². The van der Waals surface area contributed by atoms with Gasteiger partial charge in [0.25, 0.3) is 0 Å². The summed E-state index contributed by atoms with van der Waals surface area (Å²) in [6, 6.07) is 16.8. The lowest BCUT2D eigenvalue weighted by atomic mass is 9.75. The zero-order valence-corrected chi connectivity index (χ0v) is 13.8. The van der Waals surface area contributed by atoms with Gasteiger partial charge in [0, 0.05) is 11.5 Å². The van der Waals surface area contributed by atoms with E-state index >= 15 is 0 Å². The summed E-state index contributed by atoms with van der Waals surface area (Å²) in [7, 11) is 1.71. The minimum absolute atomic E-state index is 0.111. The third kappa shape index (κ3) is 2.43. The van der Waals surface area contributed by atoms with Crippen LogP contribution in [0.3, 0.4) is 0 Å². The van der Waals surface area contributed by atoms with E-state index < -0.39 is 0 Å². The molecule has 2 aromatic carbocycles. The Kier molecular flexibility index (Phi) is 3.62. The molecule has 1 heterocycles. The van der Waals surface area contributed by atoms with E-state index in [9.17, 15) is 0 Å². The van der Waals surface area contributed by atoms with Gasteiger partial charge in [-0.1, -0.05) is 42.5 Å². The molecule has 2 unspecified atom stereocenters. The van der Waals surface area contributed by atoms with E-state index in [2.05, 4.69) is 40.6 Å². The van der Waals surface area contributed by atoms with Crippen molar-refractivity contribution >= 4 is 23.0 Å². The Morgan fingerprint density at radius 2 is 1.91 bits per heavy atom. The highest BCUT2D eigenvalue weighted by Crippen LogP contribution is 2.39. The van der Waals surface area contributed by atoms with Gasteiger partial charge in [-0.3, -0.25) is 0 Å². The molecule has 0 saturated carbocycles. The molecule has 0 amide bonds. The number of aliphatic imine (C=N–C) groups is 1. The lowest BCUT2D eigenvalue weighted by Crippen LogP contribution is -2.43. The molecule has 0 fully saturated rings. The molecule has 0 bridgehead atoms. The molecule has 1 aliphatic heterocycles. The molecule has 2 aromatic rings. The fraction of sp³-hybridized carbons (Fsp3) is 0.263. The summed E-state index contributed by atoms with van der Waals surface area (Å²) in [5.74, 6) is 1.21. The van der Waals surface area contributed by atoms with E-state index in [0.29, 0.717) is 11.0 Å². The lowest BCUT2D eigenvalue weighted by molar-refractivity contribution is 0.388. The first kappa shape index (κ1) is 14.4. The smallest absolute Gasteiger partial charge is 0.193 e. The van der Waals surface area contributed by atoms with Crippen molar-refractivity contribution in [1.29, 1.82) is 0 Å². The van der Waals surface area contributed by atoms with Crippen LogP contribution in [0.5, 0.6) is 5.75 Å². The van der Waals surface area contributed by atoms with Crippen molar-refractivity contribution in [2.75, 3.05) is 7.11 Å². The lowest BCUT2D eigenvalue weighted by Gasteiger charge is -2.37. The minimum atomic E-state index is 0.111. The molecule has 3 nitrogen and oxygen atoms in total. The Hall–Kier alpha value is -2.20. The Morgan fingerprint density at radius 3 is 2.78 bits per heavy atom. The molecule has 0 spiro atoms. The van der Waals surface area contributed by atoms with Crippen molar-refractivity contribution in [3.8, 4) is 5.75 Å². The van der Waals surface area contributed by atoms with Crippen LogP contribution in [0.4, 0.5) is 0 Å². The predicted octanol–water partition coefficient (Wildman–Crippen LogP) is 3.68. The number of hydrogen-bond acceptors (Lipinski definition) is 2. The van der Waals surface area contributed by atoms with Gasteiger partial charge in [-0.05, 0) is 42.3 Å². The number of nitrogens with zero attached hydrogens (tertiary/aromatic N) is 1. The Balaban J connectivity index is 1.81. The maximum absolute atomic E-state index is 5.56. The zero-order chi connectivity index (χ0) is 15.8. The topological polar surface area (TPSA) is 33.6 Å². The van der Waals surface area contributed by atoms with Crippen molar-refractivity contribution < 1.29 is 4.74 Å². The molecule has 1 N–H and O–H groups in total. The molecular weight excluding hydrogens is 304 g/mol. The number of fused-ring (bicyclic) bond motifs is 3. The highest BCUT2D eigenvalue weighted by atomic mass is 32.1. The van der Waals surface area contributed by atoms with Gasteiger partial charge in [0.1, 0.15) is 5.75 Å². The maximum atomic E-state index is 5.56. The summed E-state index contributed by atoms with van der Waals surface area (Å²) in [5, 5.41) is 3.96. The van der Waals surface area contributed by atoms with Crippen LogP contribution in [0.25, 0.3) is 0 Å². The summed E-state index contributed by atoms with van der Waals surface area (Å²) >= 11 is 5.42. The first-order valence-electron chi connectivity index (χ1n) is 7.88. The quantitative estimate of drug-likeness (QED) is 0.857. The Labute approximate surface area is 141 Å². The number of nitrogens with one attached hydrogen (secondary N) is 1. The summed E-state index contributed by atoms with van der Waals surface area (Å²) < 4.78 is 5.56. The SMILES string of the molecule is COc1ccccc1C1NC(=S)N=C2c3ccccc3CCC21. The molecule has 0 radical (unpaired) electrons. The van der Waals surface area contributed by atoms with Gasteiger partial charge in [-0.15, -0.1) is 0 Å². The minimum Gasteiger partial charge on any atom is -0.496 e. The van der Waals surface area contributed by atoms with Crippen molar-refractivity contribution in [1.82, 2.24) is 5.32 Å². The van der Waals surface area contributed by atoms with Crippen LogP contribution in [-0.2, 0) is 6.42 Å². The highest BCUT2D eigenvalue weighted by Gasteiger charge is 2.37. The first-order chi connectivity index (χ1) is 11.3. The van der Waals surface area contributed by atoms with E-state index in [1.54, 1.807) is 7.11 Å². The van der Waals surface area contributed by atoms with E-state index in [1.165, 1.54) is 11.1 Å². The molecule has 0 aromatic heterocycles. The number of aryl methyl sites for hydroxylation is 1. The van der Waals surface area contributed by atoms with Gasteiger partial charge in [0.15, 0.2) is 5.11 Å². The summed E-state index contributed by atoms with van der Waals surface area (Å²) in [6.07, 6.45) is 2.13. The van der Waals surface area contributed by atoms with Crippen LogP contribution in [0, 0.1) is 5.92 Å². The molecule has 4 rings (SSSR count). The molecular formula is C19H18N2OS. The van der Waals surface area contributed by atoms with Gasteiger partial charge < -0.3 is 10.1 Å². The Bertz CT molecular complexity index is 799. The number of thiocarbonyl (C=S) groups is 1. The molecule has 4 heteroatoms. The van der Waals surface area contributed by atoms with Gasteiger partial charge in [0.2, 0.25) is 0 Å². The van der Waals surface area contributed by atoms with E-state index in [1.807, 2.05) is 18.2 Å². The number of hydrogen-bond donors (Lipinski definition) is 1. The van der Waals surface area contributed by atoms with Crippen LogP contribution in [0.1, 0.15) is 29.2 Å². The van der Waals surface area contributed by atoms with Crippen molar-refractivity contribution in [3.63, 3.8) is 0 Å². The molecule has 23 heavy (non-hydrogen) atoms. The van der Waals surface area contributed by atoms with Gasteiger partial charge in [-0.25, -0.2) is 4.99 Å². The van der Waals surface area contributed by atoms with Crippen LogP contribution < -0.4 is 10.1 Å². The maximum Gasteiger partial charge on any atom is 0.193 e. The third-order valence-corrected chi connectivity index (χ3v) is 4.96. The third-order valence-electron chi connectivity index (χ3n) is 4.75. The largest absolute Gasteiger partial charge is 0.496 e. The van der Waals surface area contributed by atoms with Gasteiger partial charge >= 0.3 is 0 Å². The number of para-hydroxylation sites is 1. The predicted molar refractivity (Wildman–Crippen MR) is 96.3 cm³/mol.